The van der Waals surface area contributed by atoms with E-state index in [1.165, 1.54) is 9.78 Å². The summed E-state index contributed by atoms with van der Waals surface area (Å²) in [6.45, 7) is 0. The Bertz CT molecular complexity index is 731. The highest BCUT2D eigenvalue weighted by Gasteiger charge is 2.06. The summed E-state index contributed by atoms with van der Waals surface area (Å²) in [6.07, 6.45) is 5.16. The van der Waals surface area contributed by atoms with E-state index < -0.39 is 0 Å². The zero-order chi connectivity index (χ0) is 12.5. The molecule has 0 saturated heterocycles. The molecule has 0 bridgehead atoms. The first-order valence-electron chi connectivity index (χ1n) is 5.51. The van der Waals surface area contributed by atoms with Gasteiger partial charge in [0.1, 0.15) is 5.65 Å². The van der Waals surface area contributed by atoms with Crippen LogP contribution >= 0.6 is 22.6 Å². The van der Waals surface area contributed by atoms with Gasteiger partial charge in [-0.2, -0.15) is 0 Å². The Morgan fingerprint density at radius 1 is 1.22 bits per heavy atom. The van der Waals surface area contributed by atoms with E-state index in [1.807, 2.05) is 35.0 Å². The molecule has 0 aliphatic heterocycles. The average Bonchev–Trinajstić information content (AvgIpc) is 2.81. The maximum Gasteiger partial charge on any atom is 0.137 e. The number of imidazole rings is 1. The van der Waals surface area contributed by atoms with Crippen molar-refractivity contribution < 1.29 is 0 Å². The van der Waals surface area contributed by atoms with Crippen LogP contribution in [0.3, 0.4) is 0 Å². The van der Waals surface area contributed by atoms with Gasteiger partial charge >= 0.3 is 0 Å². The molecule has 4 heteroatoms. The van der Waals surface area contributed by atoms with E-state index in [2.05, 4.69) is 45.8 Å². The third-order valence-corrected chi connectivity index (χ3v) is 3.50. The van der Waals surface area contributed by atoms with Gasteiger partial charge in [0.25, 0.3) is 0 Å². The standard InChI is InChI=1S/C14H10IN3/c15-12-3-1-2-11(7-12)13-9-17-14-6-10(8-16)4-5-18(13)14/h1-9,16H. The number of hydrogen-bond acceptors (Lipinski definition) is 2. The molecule has 0 radical (unpaired) electrons. The predicted molar refractivity (Wildman–Crippen MR) is 81.2 cm³/mol. The number of nitrogens with one attached hydrogen (secondary N) is 1. The third kappa shape index (κ3) is 1.92. The lowest BCUT2D eigenvalue weighted by Crippen LogP contribution is -1.90. The number of aromatic nitrogens is 2. The van der Waals surface area contributed by atoms with Gasteiger partial charge in [-0.1, -0.05) is 12.1 Å². The van der Waals surface area contributed by atoms with Gasteiger partial charge in [0.15, 0.2) is 0 Å². The van der Waals surface area contributed by atoms with Gasteiger partial charge in [0, 0.05) is 21.5 Å². The number of rotatable bonds is 2. The molecule has 3 rings (SSSR count). The van der Waals surface area contributed by atoms with Crippen molar-refractivity contribution in [3.63, 3.8) is 0 Å². The van der Waals surface area contributed by atoms with Crippen molar-refractivity contribution in [1.82, 2.24) is 9.38 Å². The zero-order valence-electron chi connectivity index (χ0n) is 9.47. The van der Waals surface area contributed by atoms with Crippen LogP contribution in [0.1, 0.15) is 5.56 Å². The number of halogens is 1. The van der Waals surface area contributed by atoms with Crippen LogP contribution in [0.4, 0.5) is 0 Å². The highest BCUT2D eigenvalue weighted by Crippen LogP contribution is 2.22. The average molecular weight is 347 g/mol. The van der Waals surface area contributed by atoms with E-state index in [4.69, 9.17) is 5.41 Å². The van der Waals surface area contributed by atoms with E-state index in [0.29, 0.717) is 0 Å². The van der Waals surface area contributed by atoms with Gasteiger partial charge in [-0.15, -0.1) is 0 Å². The summed E-state index contributed by atoms with van der Waals surface area (Å²) >= 11 is 2.31. The fourth-order valence-corrected chi connectivity index (χ4v) is 2.49. The lowest BCUT2D eigenvalue weighted by atomic mass is 10.2. The monoisotopic (exact) mass is 347 g/mol. The Morgan fingerprint density at radius 2 is 2.11 bits per heavy atom. The largest absolute Gasteiger partial charge is 0.308 e. The van der Waals surface area contributed by atoms with Crippen LogP contribution < -0.4 is 0 Å². The SMILES string of the molecule is N=Cc1ccn2c(-c3cccc(I)c3)cnc2c1. The molecule has 3 nitrogen and oxygen atoms in total. The summed E-state index contributed by atoms with van der Waals surface area (Å²) in [5, 5.41) is 7.25. The Hall–Kier alpha value is -1.69. The van der Waals surface area contributed by atoms with Crippen molar-refractivity contribution in [2.24, 2.45) is 0 Å². The number of hydrogen-bond donors (Lipinski definition) is 1. The second-order valence-electron chi connectivity index (χ2n) is 3.99. The summed E-state index contributed by atoms with van der Waals surface area (Å²) in [7, 11) is 0. The molecule has 1 aromatic carbocycles. The molecule has 1 N–H and O–H groups in total. The molecule has 2 aromatic heterocycles. The molecular formula is C14H10IN3. The summed E-state index contributed by atoms with van der Waals surface area (Å²) in [5.41, 5.74) is 3.95. The predicted octanol–water partition coefficient (Wildman–Crippen LogP) is 3.60. The molecule has 0 fully saturated rings. The summed E-state index contributed by atoms with van der Waals surface area (Å²) < 4.78 is 3.24. The molecular weight excluding hydrogens is 337 g/mol. The zero-order valence-corrected chi connectivity index (χ0v) is 11.6. The van der Waals surface area contributed by atoms with Crippen molar-refractivity contribution in [2.45, 2.75) is 0 Å². The molecule has 0 atom stereocenters. The van der Waals surface area contributed by atoms with Crippen LogP contribution in [0.2, 0.25) is 0 Å². The number of nitrogens with zero attached hydrogens (tertiary/aromatic N) is 2. The lowest BCUT2D eigenvalue weighted by Gasteiger charge is -2.03. The molecule has 0 amide bonds. The molecule has 0 aliphatic carbocycles. The van der Waals surface area contributed by atoms with Crippen molar-refractivity contribution in [2.75, 3.05) is 0 Å². The van der Waals surface area contributed by atoms with Crippen molar-refractivity contribution in [3.05, 3.63) is 57.9 Å². The molecule has 0 spiro atoms. The van der Waals surface area contributed by atoms with Gasteiger partial charge in [-0.25, -0.2) is 4.98 Å². The Balaban J connectivity index is 2.21. The van der Waals surface area contributed by atoms with Gasteiger partial charge in [0.05, 0.1) is 11.9 Å². The van der Waals surface area contributed by atoms with Crippen LogP contribution in [0.25, 0.3) is 16.9 Å². The van der Waals surface area contributed by atoms with E-state index in [-0.39, 0.29) is 0 Å². The number of benzene rings is 1. The normalized spacial score (nSPS) is 10.7. The Morgan fingerprint density at radius 3 is 2.89 bits per heavy atom. The molecule has 3 aromatic rings. The smallest absolute Gasteiger partial charge is 0.137 e. The second-order valence-corrected chi connectivity index (χ2v) is 5.23. The van der Waals surface area contributed by atoms with Crippen LogP contribution in [-0.2, 0) is 0 Å². The molecule has 0 aliphatic rings. The fourth-order valence-electron chi connectivity index (χ4n) is 1.95. The van der Waals surface area contributed by atoms with Crippen LogP contribution in [0, 0.1) is 8.98 Å². The summed E-state index contributed by atoms with van der Waals surface area (Å²) in [6, 6.07) is 12.1. The highest BCUT2D eigenvalue weighted by atomic mass is 127. The molecule has 0 unspecified atom stereocenters. The van der Waals surface area contributed by atoms with Crippen LogP contribution in [-0.4, -0.2) is 15.6 Å². The lowest BCUT2D eigenvalue weighted by molar-refractivity contribution is 1.19. The van der Waals surface area contributed by atoms with Gasteiger partial charge in [0.2, 0.25) is 0 Å². The minimum Gasteiger partial charge on any atom is -0.308 e. The summed E-state index contributed by atoms with van der Waals surface area (Å²) in [5.74, 6) is 0. The first-order chi connectivity index (χ1) is 8.78. The Kier molecular flexibility index (Phi) is 2.87. The van der Waals surface area contributed by atoms with E-state index in [1.54, 1.807) is 0 Å². The molecule has 18 heavy (non-hydrogen) atoms. The van der Waals surface area contributed by atoms with Gasteiger partial charge < -0.3 is 5.41 Å². The number of fused-ring (bicyclic) bond motifs is 1. The first kappa shape index (κ1) is 11.4. The van der Waals surface area contributed by atoms with Gasteiger partial charge in [-0.3, -0.25) is 4.40 Å². The van der Waals surface area contributed by atoms with E-state index in [0.717, 1.165) is 22.5 Å². The molecule has 88 valence electrons. The van der Waals surface area contributed by atoms with Crippen molar-refractivity contribution in [1.29, 1.82) is 5.41 Å². The maximum atomic E-state index is 7.25. The minimum absolute atomic E-state index is 0.863. The minimum atomic E-state index is 0.863. The van der Waals surface area contributed by atoms with E-state index in [9.17, 15) is 0 Å². The third-order valence-electron chi connectivity index (χ3n) is 2.82. The fraction of sp³-hybridized carbons (Fsp3) is 0. The first-order valence-corrected chi connectivity index (χ1v) is 6.59. The molecule has 2 heterocycles. The van der Waals surface area contributed by atoms with Crippen molar-refractivity contribution in [3.8, 4) is 11.3 Å². The highest BCUT2D eigenvalue weighted by molar-refractivity contribution is 14.1. The van der Waals surface area contributed by atoms with Gasteiger partial charge in [-0.05, 0) is 52.4 Å². The maximum absolute atomic E-state index is 7.25. The van der Waals surface area contributed by atoms with Crippen molar-refractivity contribution >= 4 is 34.5 Å². The van der Waals surface area contributed by atoms with Crippen LogP contribution in [0.15, 0.2) is 48.8 Å². The number of pyridine rings is 1. The molecule has 0 saturated carbocycles. The second kappa shape index (κ2) is 4.53. The van der Waals surface area contributed by atoms with E-state index >= 15 is 0 Å². The quantitative estimate of drug-likeness (QED) is 0.559. The topological polar surface area (TPSA) is 41.2 Å². The summed E-state index contributed by atoms with van der Waals surface area (Å²) in [4.78, 5) is 4.39. The Labute approximate surface area is 118 Å². The van der Waals surface area contributed by atoms with Crippen LogP contribution in [0.5, 0.6) is 0 Å².